The molecule has 42 valence electrons. The average Bonchev–Trinajstić information content (AvgIpc) is 1.58. The van der Waals surface area contributed by atoms with Crippen molar-refractivity contribution >= 4 is 15.9 Å². The molecule has 0 atom stereocenters. The summed E-state index contributed by atoms with van der Waals surface area (Å²) in [6.07, 6.45) is 2.45. The molecule has 1 aliphatic rings. The summed E-state index contributed by atoms with van der Waals surface area (Å²) in [5.74, 6) is 0.884. The number of nitrogens with two attached hydrogens (primary N) is 1. The molecule has 0 aromatic carbocycles. The third-order valence-electron chi connectivity index (χ3n) is 1.49. The van der Waals surface area contributed by atoms with Gasteiger partial charge in [0, 0.05) is 11.4 Å². The van der Waals surface area contributed by atoms with Crippen molar-refractivity contribution in [2.75, 3.05) is 5.33 Å². The Labute approximate surface area is 52.4 Å². The summed E-state index contributed by atoms with van der Waals surface area (Å²) >= 11 is 3.40. The van der Waals surface area contributed by atoms with Crippen LogP contribution < -0.4 is 5.73 Å². The standard InChI is InChI=1S/C5H10BrN/c6-3-4-1-5(7)2-4/h4-5H,1-3,7H2. The zero-order valence-electron chi connectivity index (χ0n) is 4.23. The fraction of sp³-hybridized carbons (Fsp3) is 1.00. The van der Waals surface area contributed by atoms with Gasteiger partial charge in [0.1, 0.15) is 0 Å². The molecule has 0 saturated heterocycles. The van der Waals surface area contributed by atoms with Crippen LogP contribution in [0.3, 0.4) is 0 Å². The van der Waals surface area contributed by atoms with E-state index in [4.69, 9.17) is 5.73 Å². The minimum absolute atomic E-state index is 0.516. The van der Waals surface area contributed by atoms with Gasteiger partial charge < -0.3 is 5.73 Å². The molecule has 1 fully saturated rings. The van der Waals surface area contributed by atoms with E-state index < -0.39 is 0 Å². The molecule has 2 N–H and O–H groups in total. The van der Waals surface area contributed by atoms with Gasteiger partial charge in [-0.3, -0.25) is 0 Å². The van der Waals surface area contributed by atoms with Crippen LogP contribution in [0.4, 0.5) is 0 Å². The van der Waals surface area contributed by atoms with Crippen LogP contribution in [0.25, 0.3) is 0 Å². The van der Waals surface area contributed by atoms with Gasteiger partial charge >= 0.3 is 0 Å². The van der Waals surface area contributed by atoms with Crippen LogP contribution in [0.15, 0.2) is 0 Å². The zero-order chi connectivity index (χ0) is 5.28. The lowest BCUT2D eigenvalue weighted by molar-refractivity contribution is 0.297. The minimum Gasteiger partial charge on any atom is -0.328 e. The monoisotopic (exact) mass is 163 g/mol. The normalized spacial score (nSPS) is 40.3. The number of halogens is 1. The van der Waals surface area contributed by atoms with Crippen molar-refractivity contribution in [3.8, 4) is 0 Å². The Balaban J connectivity index is 2.06. The second-order valence-corrected chi connectivity index (χ2v) is 2.90. The third-order valence-corrected chi connectivity index (χ3v) is 2.41. The van der Waals surface area contributed by atoms with E-state index in [1.807, 2.05) is 0 Å². The van der Waals surface area contributed by atoms with Crippen LogP contribution in [0.2, 0.25) is 0 Å². The largest absolute Gasteiger partial charge is 0.328 e. The van der Waals surface area contributed by atoms with Crippen LogP contribution in [-0.2, 0) is 0 Å². The van der Waals surface area contributed by atoms with E-state index in [0.717, 1.165) is 11.2 Å². The summed E-state index contributed by atoms with van der Waals surface area (Å²) in [5.41, 5.74) is 5.52. The SMILES string of the molecule is NC1CC(CBr)C1. The predicted molar refractivity (Wildman–Crippen MR) is 34.5 cm³/mol. The van der Waals surface area contributed by atoms with Crippen LogP contribution >= 0.6 is 15.9 Å². The van der Waals surface area contributed by atoms with Gasteiger partial charge in [-0.25, -0.2) is 0 Å². The molecular formula is C5H10BrN. The Morgan fingerprint density at radius 2 is 2.14 bits per heavy atom. The Morgan fingerprint density at radius 3 is 2.29 bits per heavy atom. The first-order valence-corrected chi connectivity index (χ1v) is 3.76. The summed E-state index contributed by atoms with van der Waals surface area (Å²) in [5, 5.41) is 1.14. The van der Waals surface area contributed by atoms with E-state index in [1.54, 1.807) is 0 Å². The van der Waals surface area contributed by atoms with Crippen LogP contribution in [-0.4, -0.2) is 11.4 Å². The fourth-order valence-corrected chi connectivity index (χ4v) is 1.44. The zero-order valence-corrected chi connectivity index (χ0v) is 5.82. The van der Waals surface area contributed by atoms with E-state index in [0.29, 0.717) is 6.04 Å². The van der Waals surface area contributed by atoms with E-state index in [2.05, 4.69) is 15.9 Å². The lowest BCUT2D eigenvalue weighted by Gasteiger charge is -2.30. The molecule has 0 aliphatic heterocycles. The average molecular weight is 164 g/mol. The van der Waals surface area contributed by atoms with E-state index >= 15 is 0 Å². The maximum atomic E-state index is 5.52. The summed E-state index contributed by atoms with van der Waals surface area (Å²) in [6, 6.07) is 0.516. The first-order valence-electron chi connectivity index (χ1n) is 2.64. The molecule has 2 heteroatoms. The maximum absolute atomic E-state index is 5.52. The molecule has 1 rings (SSSR count). The molecule has 0 radical (unpaired) electrons. The predicted octanol–water partition coefficient (Wildman–Crippen LogP) is 1.12. The van der Waals surface area contributed by atoms with Crippen LogP contribution in [0.1, 0.15) is 12.8 Å². The lowest BCUT2D eigenvalue weighted by atomic mass is 9.83. The molecule has 0 spiro atoms. The second kappa shape index (κ2) is 2.14. The van der Waals surface area contributed by atoms with Crippen LogP contribution in [0, 0.1) is 5.92 Å². The molecule has 1 nitrogen and oxygen atoms in total. The van der Waals surface area contributed by atoms with Crippen molar-refractivity contribution < 1.29 is 0 Å². The van der Waals surface area contributed by atoms with Gasteiger partial charge in [-0.05, 0) is 18.8 Å². The molecule has 1 aliphatic carbocycles. The van der Waals surface area contributed by atoms with E-state index in [1.165, 1.54) is 12.8 Å². The van der Waals surface area contributed by atoms with Gasteiger partial charge in [0.25, 0.3) is 0 Å². The van der Waals surface area contributed by atoms with Crippen molar-refractivity contribution in [1.29, 1.82) is 0 Å². The summed E-state index contributed by atoms with van der Waals surface area (Å²) in [6.45, 7) is 0. The maximum Gasteiger partial charge on any atom is 0.00608 e. The van der Waals surface area contributed by atoms with Crippen molar-refractivity contribution in [3.05, 3.63) is 0 Å². The Bertz CT molecular complexity index is 59.1. The van der Waals surface area contributed by atoms with Gasteiger partial charge in [0.15, 0.2) is 0 Å². The molecule has 1 saturated carbocycles. The van der Waals surface area contributed by atoms with Gasteiger partial charge in [-0.2, -0.15) is 0 Å². The molecule has 0 bridgehead atoms. The summed E-state index contributed by atoms with van der Waals surface area (Å²) < 4.78 is 0. The van der Waals surface area contributed by atoms with Gasteiger partial charge in [0.05, 0.1) is 0 Å². The highest BCUT2D eigenvalue weighted by Gasteiger charge is 2.23. The topological polar surface area (TPSA) is 26.0 Å². The van der Waals surface area contributed by atoms with Crippen molar-refractivity contribution in [3.63, 3.8) is 0 Å². The van der Waals surface area contributed by atoms with Crippen LogP contribution in [0.5, 0.6) is 0 Å². The fourth-order valence-electron chi connectivity index (χ4n) is 0.913. The first kappa shape index (κ1) is 5.57. The number of rotatable bonds is 1. The molecule has 0 aromatic heterocycles. The number of alkyl halides is 1. The Morgan fingerprint density at radius 1 is 1.57 bits per heavy atom. The summed E-state index contributed by atoms with van der Waals surface area (Å²) in [4.78, 5) is 0. The Hall–Kier alpha value is 0.440. The number of hydrogen-bond acceptors (Lipinski definition) is 1. The highest BCUT2D eigenvalue weighted by atomic mass is 79.9. The molecular weight excluding hydrogens is 154 g/mol. The highest BCUT2D eigenvalue weighted by molar-refractivity contribution is 9.09. The van der Waals surface area contributed by atoms with Crippen molar-refractivity contribution in [1.82, 2.24) is 0 Å². The van der Waals surface area contributed by atoms with Gasteiger partial charge in [-0.15, -0.1) is 0 Å². The molecule has 0 aromatic rings. The Kier molecular flexibility index (Phi) is 1.70. The quantitative estimate of drug-likeness (QED) is 0.577. The lowest BCUT2D eigenvalue weighted by Crippen LogP contribution is -2.36. The third kappa shape index (κ3) is 1.16. The number of hydrogen-bond donors (Lipinski definition) is 1. The molecule has 0 heterocycles. The smallest absolute Gasteiger partial charge is 0.00608 e. The van der Waals surface area contributed by atoms with Crippen molar-refractivity contribution in [2.45, 2.75) is 18.9 Å². The van der Waals surface area contributed by atoms with E-state index in [9.17, 15) is 0 Å². The first-order chi connectivity index (χ1) is 3.33. The second-order valence-electron chi connectivity index (χ2n) is 2.25. The molecule has 7 heavy (non-hydrogen) atoms. The highest BCUT2D eigenvalue weighted by Crippen LogP contribution is 2.26. The summed E-state index contributed by atoms with van der Waals surface area (Å²) in [7, 11) is 0. The van der Waals surface area contributed by atoms with Gasteiger partial charge in [0.2, 0.25) is 0 Å². The van der Waals surface area contributed by atoms with Gasteiger partial charge in [-0.1, -0.05) is 15.9 Å². The van der Waals surface area contributed by atoms with E-state index in [-0.39, 0.29) is 0 Å². The minimum atomic E-state index is 0.516. The molecule has 0 unspecified atom stereocenters. The molecule has 0 amide bonds. The van der Waals surface area contributed by atoms with Crippen molar-refractivity contribution in [2.24, 2.45) is 11.7 Å².